The number of hydrogen-bond acceptors (Lipinski definition) is 7. The van der Waals surface area contributed by atoms with Crippen molar-refractivity contribution < 1.29 is 13.9 Å². The Morgan fingerprint density at radius 2 is 2.19 bits per heavy atom. The number of hydrogen-bond donors (Lipinski definition) is 0. The van der Waals surface area contributed by atoms with Gasteiger partial charge in [-0.3, -0.25) is 4.79 Å². The highest BCUT2D eigenvalue weighted by Gasteiger charge is 2.22. The SMILES string of the molecule is COC[C@@H](C)n1c(C)cc(C(=O)CSc2nnc(-c3cc4c(s3)CC[C@@H](C)C4)o2)c1C. The van der Waals surface area contributed by atoms with Gasteiger partial charge in [-0.1, -0.05) is 18.7 Å². The van der Waals surface area contributed by atoms with E-state index in [4.69, 9.17) is 9.15 Å². The molecule has 6 nitrogen and oxygen atoms in total. The Hall–Kier alpha value is -1.90. The Balaban J connectivity index is 1.42. The van der Waals surface area contributed by atoms with Gasteiger partial charge in [-0.25, -0.2) is 0 Å². The topological polar surface area (TPSA) is 70.2 Å². The molecule has 0 saturated carbocycles. The lowest BCUT2D eigenvalue weighted by molar-refractivity contribution is 0.102. The summed E-state index contributed by atoms with van der Waals surface area (Å²) in [5, 5.41) is 8.81. The van der Waals surface area contributed by atoms with Gasteiger partial charge >= 0.3 is 0 Å². The van der Waals surface area contributed by atoms with E-state index in [9.17, 15) is 4.79 Å². The summed E-state index contributed by atoms with van der Waals surface area (Å²) >= 11 is 3.05. The highest BCUT2D eigenvalue weighted by molar-refractivity contribution is 7.99. The fraction of sp³-hybridized carbons (Fsp3) is 0.522. The van der Waals surface area contributed by atoms with Gasteiger partial charge < -0.3 is 13.7 Å². The smallest absolute Gasteiger partial charge is 0.277 e. The summed E-state index contributed by atoms with van der Waals surface area (Å²) in [4.78, 5) is 15.3. The van der Waals surface area contributed by atoms with E-state index in [0.29, 0.717) is 17.7 Å². The van der Waals surface area contributed by atoms with Crippen LogP contribution in [0.5, 0.6) is 0 Å². The van der Waals surface area contributed by atoms with Gasteiger partial charge in [-0.15, -0.1) is 21.5 Å². The van der Waals surface area contributed by atoms with E-state index in [1.165, 1.54) is 28.6 Å². The molecule has 0 amide bonds. The lowest BCUT2D eigenvalue weighted by Crippen LogP contribution is -2.14. The summed E-state index contributed by atoms with van der Waals surface area (Å²) in [6.07, 6.45) is 3.50. The molecular formula is C23H29N3O3S2. The number of methoxy groups -OCH3 is 1. The standard InChI is InChI=1S/C23H29N3O3S2/c1-13-6-7-20-17(8-13)10-21(31-20)22-24-25-23(29-22)30-12-19(27)18-9-14(2)26(16(18)4)15(3)11-28-5/h9-10,13,15H,6-8,11-12H2,1-5H3/t13-,15-/m1/s1. The molecule has 0 fully saturated rings. The number of ketones is 1. The third kappa shape index (κ3) is 4.66. The van der Waals surface area contributed by atoms with Crippen molar-refractivity contribution in [2.75, 3.05) is 19.5 Å². The van der Waals surface area contributed by atoms with Crippen molar-refractivity contribution in [3.63, 3.8) is 0 Å². The molecule has 0 unspecified atom stereocenters. The molecule has 3 aromatic rings. The van der Waals surface area contributed by atoms with Gasteiger partial charge in [-0.05, 0) is 63.6 Å². The second-order valence-corrected chi connectivity index (χ2v) is 10.5. The lowest BCUT2D eigenvalue weighted by atomic mass is 9.90. The quantitative estimate of drug-likeness (QED) is 0.326. The summed E-state index contributed by atoms with van der Waals surface area (Å²) < 4.78 is 13.3. The zero-order valence-electron chi connectivity index (χ0n) is 18.7. The molecule has 166 valence electrons. The second-order valence-electron chi connectivity index (χ2n) is 8.45. The average Bonchev–Trinajstić information content (AvgIpc) is 3.43. The van der Waals surface area contributed by atoms with Crippen LogP contribution in [0, 0.1) is 19.8 Å². The van der Waals surface area contributed by atoms with Gasteiger partial charge in [-0.2, -0.15) is 0 Å². The second kappa shape index (κ2) is 9.30. The molecule has 3 heterocycles. The molecule has 8 heteroatoms. The molecule has 0 aromatic carbocycles. The van der Waals surface area contributed by atoms with Crippen molar-refractivity contribution in [1.29, 1.82) is 0 Å². The molecule has 2 atom stereocenters. The molecule has 1 aliphatic rings. The first-order valence-electron chi connectivity index (χ1n) is 10.7. The number of rotatable bonds is 8. The molecule has 0 spiro atoms. The number of ether oxygens (including phenoxy) is 1. The van der Waals surface area contributed by atoms with Crippen molar-refractivity contribution in [3.05, 3.63) is 39.5 Å². The Bertz CT molecular complexity index is 1080. The lowest BCUT2D eigenvalue weighted by Gasteiger charge is -2.17. The Morgan fingerprint density at radius 3 is 2.97 bits per heavy atom. The first-order valence-corrected chi connectivity index (χ1v) is 12.5. The van der Waals surface area contributed by atoms with E-state index in [1.807, 2.05) is 19.9 Å². The number of Topliss-reactive ketones (excluding diaryl/α,β-unsaturated/α-hetero) is 1. The van der Waals surface area contributed by atoms with Crippen LogP contribution < -0.4 is 0 Å². The van der Waals surface area contributed by atoms with Crippen LogP contribution in [-0.4, -0.2) is 40.0 Å². The van der Waals surface area contributed by atoms with Crippen molar-refractivity contribution in [2.24, 2.45) is 5.92 Å². The third-order valence-corrected chi connectivity index (χ3v) is 7.95. The van der Waals surface area contributed by atoms with E-state index in [-0.39, 0.29) is 17.6 Å². The summed E-state index contributed by atoms with van der Waals surface area (Å²) in [6.45, 7) is 9.01. The van der Waals surface area contributed by atoms with E-state index >= 15 is 0 Å². The maximum atomic E-state index is 12.9. The molecule has 0 aliphatic heterocycles. The van der Waals surface area contributed by atoms with Crippen LogP contribution in [-0.2, 0) is 17.6 Å². The van der Waals surface area contributed by atoms with Gasteiger partial charge in [0.2, 0.25) is 0 Å². The fourth-order valence-electron chi connectivity index (χ4n) is 4.44. The van der Waals surface area contributed by atoms with E-state index in [1.54, 1.807) is 18.4 Å². The van der Waals surface area contributed by atoms with Crippen molar-refractivity contribution in [2.45, 2.75) is 58.2 Å². The Kier molecular flexibility index (Phi) is 6.69. The van der Waals surface area contributed by atoms with Crippen LogP contribution in [0.25, 0.3) is 10.8 Å². The van der Waals surface area contributed by atoms with Crippen molar-refractivity contribution >= 4 is 28.9 Å². The van der Waals surface area contributed by atoms with Crippen LogP contribution in [0.3, 0.4) is 0 Å². The van der Waals surface area contributed by atoms with Gasteiger partial charge in [0, 0.05) is 28.9 Å². The van der Waals surface area contributed by atoms with Crippen LogP contribution in [0.4, 0.5) is 0 Å². The Labute approximate surface area is 191 Å². The molecular weight excluding hydrogens is 430 g/mol. The Morgan fingerprint density at radius 1 is 1.39 bits per heavy atom. The number of fused-ring (bicyclic) bond motifs is 1. The number of aromatic nitrogens is 3. The number of carbonyl (C=O) groups excluding carboxylic acids is 1. The molecule has 0 bridgehead atoms. The van der Waals surface area contributed by atoms with Crippen LogP contribution in [0.2, 0.25) is 0 Å². The number of nitrogens with zero attached hydrogens (tertiary/aromatic N) is 3. The van der Waals surface area contributed by atoms with Gasteiger partial charge in [0.1, 0.15) is 0 Å². The monoisotopic (exact) mass is 459 g/mol. The zero-order chi connectivity index (χ0) is 22.1. The van der Waals surface area contributed by atoms with Crippen LogP contribution in [0.1, 0.15) is 58.5 Å². The van der Waals surface area contributed by atoms with E-state index < -0.39 is 0 Å². The summed E-state index contributed by atoms with van der Waals surface area (Å²) in [5.74, 6) is 1.61. The highest BCUT2D eigenvalue weighted by atomic mass is 32.2. The maximum absolute atomic E-state index is 12.9. The molecule has 0 radical (unpaired) electrons. The van der Waals surface area contributed by atoms with E-state index in [2.05, 4.69) is 34.7 Å². The predicted octanol–water partition coefficient (Wildman–Crippen LogP) is 5.52. The van der Waals surface area contributed by atoms with E-state index in [0.717, 1.165) is 40.6 Å². The predicted molar refractivity (Wildman–Crippen MR) is 124 cm³/mol. The molecule has 0 saturated heterocycles. The fourth-order valence-corrected chi connectivity index (χ4v) is 6.21. The molecule has 3 aromatic heterocycles. The van der Waals surface area contributed by atoms with Gasteiger partial charge in [0.15, 0.2) is 5.78 Å². The number of thiophene rings is 1. The summed E-state index contributed by atoms with van der Waals surface area (Å²) in [7, 11) is 1.69. The summed E-state index contributed by atoms with van der Waals surface area (Å²) in [6, 6.07) is 4.33. The van der Waals surface area contributed by atoms with Crippen LogP contribution in [0.15, 0.2) is 21.8 Å². The van der Waals surface area contributed by atoms with Gasteiger partial charge in [0.05, 0.1) is 23.3 Å². The first kappa shape index (κ1) is 22.3. The maximum Gasteiger partial charge on any atom is 0.277 e. The van der Waals surface area contributed by atoms with Crippen molar-refractivity contribution in [1.82, 2.24) is 14.8 Å². The van der Waals surface area contributed by atoms with Crippen molar-refractivity contribution in [3.8, 4) is 10.8 Å². The highest BCUT2D eigenvalue weighted by Crippen LogP contribution is 2.37. The van der Waals surface area contributed by atoms with Crippen LogP contribution >= 0.6 is 23.1 Å². The number of aryl methyl sites for hydroxylation is 2. The zero-order valence-corrected chi connectivity index (χ0v) is 20.4. The molecule has 1 aliphatic carbocycles. The minimum atomic E-state index is 0.0642. The third-order valence-electron chi connectivity index (χ3n) is 5.91. The minimum absolute atomic E-state index is 0.0642. The first-order chi connectivity index (χ1) is 14.9. The molecule has 0 N–H and O–H groups in total. The normalized spacial score (nSPS) is 17.0. The molecule has 4 rings (SSSR count). The van der Waals surface area contributed by atoms with Gasteiger partial charge in [0.25, 0.3) is 11.1 Å². The number of carbonyl (C=O) groups is 1. The average molecular weight is 460 g/mol. The minimum Gasteiger partial charge on any atom is -0.410 e. The number of thioether (sulfide) groups is 1. The largest absolute Gasteiger partial charge is 0.410 e. The summed E-state index contributed by atoms with van der Waals surface area (Å²) in [5.41, 5.74) is 4.19. The molecule has 31 heavy (non-hydrogen) atoms.